The van der Waals surface area contributed by atoms with Gasteiger partial charge in [0.15, 0.2) is 0 Å². The van der Waals surface area contributed by atoms with Crippen LogP contribution in [0.25, 0.3) is 0 Å². The molecule has 0 aliphatic heterocycles. The Labute approximate surface area is 98.6 Å². The summed E-state index contributed by atoms with van der Waals surface area (Å²) in [6, 6.07) is 0. The fourth-order valence-corrected chi connectivity index (χ4v) is 0.873. The average Bonchev–Trinajstić information content (AvgIpc) is 1.82. The van der Waals surface area contributed by atoms with Gasteiger partial charge >= 0.3 is 0 Å². The molecule has 0 atom stereocenters. The number of aliphatic hydroxyl groups excluding tert-OH is 2. The van der Waals surface area contributed by atoms with E-state index in [0.29, 0.717) is 5.92 Å². The SMILES string of the molecule is CC(C)CC(CO)CO.[Ac]. The number of rotatable bonds is 4. The van der Waals surface area contributed by atoms with Gasteiger partial charge in [0.05, 0.1) is 0 Å². The summed E-state index contributed by atoms with van der Waals surface area (Å²) in [7, 11) is 0. The second-order valence-corrected chi connectivity index (χ2v) is 2.86. The van der Waals surface area contributed by atoms with E-state index in [0.717, 1.165) is 6.42 Å². The number of hydrogen-bond donors (Lipinski definition) is 2. The molecule has 0 aromatic heterocycles. The van der Waals surface area contributed by atoms with Crippen LogP contribution in [0.5, 0.6) is 0 Å². The van der Waals surface area contributed by atoms with Crippen LogP contribution in [0.15, 0.2) is 0 Å². The molecule has 0 fully saturated rings. The molecule has 3 heteroatoms. The van der Waals surface area contributed by atoms with Crippen molar-refractivity contribution in [3.05, 3.63) is 0 Å². The van der Waals surface area contributed by atoms with Crippen LogP contribution in [0.2, 0.25) is 0 Å². The van der Waals surface area contributed by atoms with Gasteiger partial charge in [-0.25, -0.2) is 0 Å². The van der Waals surface area contributed by atoms with Crippen molar-refractivity contribution in [1.82, 2.24) is 0 Å². The van der Waals surface area contributed by atoms with Crippen LogP contribution >= 0.6 is 0 Å². The van der Waals surface area contributed by atoms with Crippen LogP contribution in [0, 0.1) is 55.9 Å². The third-order valence-electron chi connectivity index (χ3n) is 1.32. The smallest absolute Gasteiger partial charge is 0.0481 e. The normalized spacial score (nSPS) is 10.2. The monoisotopic (exact) mass is 359 g/mol. The Morgan fingerprint density at radius 1 is 1.10 bits per heavy atom. The molecule has 0 aliphatic rings. The molecular formula is C7H16AcO2. The molecular weight excluding hydrogens is 343 g/mol. The van der Waals surface area contributed by atoms with Gasteiger partial charge in [0.25, 0.3) is 0 Å². The molecule has 59 valence electrons. The summed E-state index contributed by atoms with van der Waals surface area (Å²) in [5.74, 6) is 0.652. The first-order valence-corrected chi connectivity index (χ1v) is 3.42. The quantitative estimate of drug-likeness (QED) is 0.773. The molecule has 0 saturated carbocycles. The van der Waals surface area contributed by atoms with Crippen LogP contribution in [-0.4, -0.2) is 23.4 Å². The second kappa shape index (κ2) is 8.46. The summed E-state index contributed by atoms with van der Waals surface area (Å²) in [6.45, 7) is 4.38. The van der Waals surface area contributed by atoms with Gasteiger partial charge in [0.2, 0.25) is 0 Å². The Kier molecular flexibility index (Phi) is 11.8. The predicted molar refractivity (Wildman–Crippen MR) is 37.1 cm³/mol. The Balaban J connectivity index is 0. The summed E-state index contributed by atoms with van der Waals surface area (Å²) in [4.78, 5) is 0. The molecule has 2 nitrogen and oxygen atoms in total. The minimum atomic E-state index is 0. The van der Waals surface area contributed by atoms with Crippen molar-refractivity contribution >= 4 is 0 Å². The molecule has 0 rings (SSSR count). The van der Waals surface area contributed by atoms with E-state index in [4.69, 9.17) is 10.2 Å². The van der Waals surface area contributed by atoms with Gasteiger partial charge in [0, 0.05) is 63.2 Å². The van der Waals surface area contributed by atoms with Crippen molar-refractivity contribution in [2.45, 2.75) is 20.3 Å². The van der Waals surface area contributed by atoms with Crippen LogP contribution in [0.3, 0.4) is 0 Å². The zero-order chi connectivity index (χ0) is 7.28. The Hall–Kier alpha value is 1.36. The number of aliphatic hydroxyl groups is 2. The van der Waals surface area contributed by atoms with Crippen molar-refractivity contribution in [1.29, 1.82) is 0 Å². The van der Waals surface area contributed by atoms with Crippen molar-refractivity contribution in [2.24, 2.45) is 11.8 Å². The van der Waals surface area contributed by atoms with Crippen LogP contribution in [0.4, 0.5) is 0 Å². The largest absolute Gasteiger partial charge is 0.396 e. The first-order chi connectivity index (χ1) is 4.20. The zero-order valence-electron chi connectivity index (χ0n) is 6.75. The number of hydrogen-bond acceptors (Lipinski definition) is 2. The molecule has 0 spiro atoms. The van der Waals surface area contributed by atoms with Gasteiger partial charge in [-0.3, -0.25) is 0 Å². The molecule has 0 saturated heterocycles. The van der Waals surface area contributed by atoms with E-state index in [1.165, 1.54) is 0 Å². The maximum absolute atomic E-state index is 8.61. The van der Waals surface area contributed by atoms with E-state index in [1.807, 2.05) is 0 Å². The second-order valence-electron chi connectivity index (χ2n) is 2.86. The maximum atomic E-state index is 8.61. The summed E-state index contributed by atoms with van der Waals surface area (Å²) in [5, 5.41) is 17.2. The van der Waals surface area contributed by atoms with Crippen molar-refractivity contribution in [3.63, 3.8) is 0 Å². The fourth-order valence-electron chi connectivity index (χ4n) is 0.873. The van der Waals surface area contributed by atoms with Gasteiger partial charge in [-0.05, 0) is 12.3 Å². The molecule has 2 N–H and O–H groups in total. The van der Waals surface area contributed by atoms with Gasteiger partial charge < -0.3 is 10.2 Å². The van der Waals surface area contributed by atoms with Crippen molar-refractivity contribution < 1.29 is 54.3 Å². The fraction of sp³-hybridized carbons (Fsp3) is 1.00. The summed E-state index contributed by atoms with van der Waals surface area (Å²) >= 11 is 0. The summed E-state index contributed by atoms with van der Waals surface area (Å²) in [6.07, 6.45) is 0.910. The molecule has 0 heterocycles. The van der Waals surface area contributed by atoms with Crippen molar-refractivity contribution in [2.75, 3.05) is 13.2 Å². The third kappa shape index (κ3) is 7.47. The molecule has 0 unspecified atom stereocenters. The predicted octanol–water partition coefficient (Wildman–Crippen LogP) is 0.633. The van der Waals surface area contributed by atoms with Gasteiger partial charge in [-0.15, -0.1) is 0 Å². The molecule has 1 radical (unpaired) electrons. The molecule has 0 aromatic rings. The van der Waals surface area contributed by atoms with Crippen LogP contribution in [0.1, 0.15) is 20.3 Å². The summed E-state index contributed by atoms with van der Waals surface area (Å²) in [5.41, 5.74) is 0. The Morgan fingerprint density at radius 2 is 1.50 bits per heavy atom. The van der Waals surface area contributed by atoms with E-state index in [2.05, 4.69) is 13.8 Å². The Morgan fingerprint density at radius 3 is 1.60 bits per heavy atom. The van der Waals surface area contributed by atoms with Gasteiger partial charge in [-0.2, -0.15) is 0 Å². The van der Waals surface area contributed by atoms with E-state index in [1.54, 1.807) is 0 Å². The molecule has 0 aliphatic carbocycles. The summed E-state index contributed by atoms with van der Waals surface area (Å²) < 4.78 is 0. The minimum absolute atomic E-state index is 0. The maximum Gasteiger partial charge on any atom is 0.0481 e. The zero-order valence-corrected chi connectivity index (χ0v) is 11.5. The molecule has 10 heavy (non-hydrogen) atoms. The van der Waals surface area contributed by atoms with E-state index in [-0.39, 0.29) is 63.2 Å². The molecule has 0 aromatic carbocycles. The van der Waals surface area contributed by atoms with E-state index >= 15 is 0 Å². The molecule has 0 amide bonds. The minimum Gasteiger partial charge on any atom is -0.396 e. The van der Waals surface area contributed by atoms with Crippen LogP contribution < -0.4 is 0 Å². The Bertz CT molecular complexity index is 62.6. The van der Waals surface area contributed by atoms with Crippen molar-refractivity contribution in [3.8, 4) is 0 Å². The van der Waals surface area contributed by atoms with Gasteiger partial charge in [0.1, 0.15) is 0 Å². The topological polar surface area (TPSA) is 40.5 Å². The standard InChI is InChI=1S/C7H16O2.Ac/c1-6(2)3-7(4-8)5-9;/h6-9H,3-5H2,1-2H3;. The van der Waals surface area contributed by atoms with E-state index < -0.39 is 0 Å². The first kappa shape index (κ1) is 13.9. The van der Waals surface area contributed by atoms with Gasteiger partial charge in [-0.1, -0.05) is 13.8 Å². The molecule has 0 bridgehead atoms. The third-order valence-corrected chi connectivity index (χ3v) is 1.32. The van der Waals surface area contributed by atoms with E-state index in [9.17, 15) is 0 Å². The van der Waals surface area contributed by atoms with Crippen LogP contribution in [-0.2, 0) is 0 Å². The average molecular weight is 359 g/mol. The first-order valence-electron chi connectivity index (χ1n) is 3.42.